The van der Waals surface area contributed by atoms with Gasteiger partial charge in [-0.3, -0.25) is 18.6 Å². The van der Waals surface area contributed by atoms with Gasteiger partial charge in [0.2, 0.25) is 0 Å². The van der Waals surface area contributed by atoms with Crippen LogP contribution in [0.4, 0.5) is 0 Å². The summed E-state index contributed by atoms with van der Waals surface area (Å²) < 4.78 is 32.3. The van der Waals surface area contributed by atoms with E-state index in [0.717, 1.165) is 38.5 Å². The molecule has 1 unspecified atom stereocenters. The lowest BCUT2D eigenvalue weighted by atomic mass is 10.0. The Morgan fingerprint density at radius 3 is 1.76 bits per heavy atom. The molecular formula is C32H62NO8P. The second-order valence-corrected chi connectivity index (χ2v) is 12.5. The summed E-state index contributed by atoms with van der Waals surface area (Å²) in [6.07, 6.45) is 25.7. The van der Waals surface area contributed by atoms with E-state index in [-0.39, 0.29) is 32.6 Å². The highest BCUT2D eigenvalue weighted by Crippen LogP contribution is 2.43. The molecule has 0 aromatic rings. The maximum Gasteiger partial charge on any atom is 0.472 e. The molecule has 0 rings (SSSR count). The van der Waals surface area contributed by atoms with Crippen LogP contribution in [0.3, 0.4) is 0 Å². The van der Waals surface area contributed by atoms with Crippen LogP contribution in [-0.2, 0) is 32.7 Å². The molecule has 3 N–H and O–H groups in total. The highest BCUT2D eigenvalue weighted by Gasteiger charge is 2.25. The van der Waals surface area contributed by atoms with Crippen LogP contribution >= 0.6 is 7.82 Å². The van der Waals surface area contributed by atoms with Crippen molar-refractivity contribution >= 4 is 19.8 Å². The molecule has 0 fully saturated rings. The van der Waals surface area contributed by atoms with Crippen molar-refractivity contribution in [1.82, 2.24) is 0 Å². The number of ether oxygens (including phenoxy) is 2. The maximum atomic E-state index is 12.3. The Balaban J connectivity index is 4.15. The molecule has 248 valence electrons. The van der Waals surface area contributed by atoms with Crippen molar-refractivity contribution in [2.75, 3.05) is 26.4 Å². The maximum absolute atomic E-state index is 12.3. The molecule has 0 amide bonds. The zero-order chi connectivity index (χ0) is 31.2. The first-order valence-corrected chi connectivity index (χ1v) is 18.2. The quantitative estimate of drug-likeness (QED) is 0.0340. The number of phosphoric ester groups is 1. The first kappa shape index (κ1) is 40.8. The number of allylic oxidation sites excluding steroid dienone is 2. The number of carbonyl (C=O) groups is 2. The van der Waals surface area contributed by atoms with Gasteiger partial charge in [-0.05, 0) is 25.7 Å². The van der Waals surface area contributed by atoms with E-state index in [9.17, 15) is 19.0 Å². The van der Waals surface area contributed by atoms with Crippen LogP contribution in [0, 0.1) is 0 Å². The number of carbonyl (C=O) groups excluding carboxylic acids is 2. The number of unbranched alkanes of at least 4 members (excludes halogenated alkanes) is 16. The zero-order valence-electron chi connectivity index (χ0n) is 26.7. The van der Waals surface area contributed by atoms with Gasteiger partial charge in [0, 0.05) is 19.4 Å². The Labute approximate surface area is 256 Å². The molecule has 0 spiro atoms. The van der Waals surface area contributed by atoms with Crippen molar-refractivity contribution in [3.05, 3.63) is 12.2 Å². The van der Waals surface area contributed by atoms with Crippen LogP contribution < -0.4 is 5.73 Å². The van der Waals surface area contributed by atoms with E-state index in [0.29, 0.717) is 6.42 Å². The fourth-order valence-electron chi connectivity index (χ4n) is 4.41. The molecular weight excluding hydrogens is 557 g/mol. The lowest BCUT2D eigenvalue weighted by Gasteiger charge is -2.19. The molecule has 0 aromatic heterocycles. The molecule has 0 aliphatic rings. The van der Waals surface area contributed by atoms with Gasteiger partial charge in [-0.15, -0.1) is 0 Å². The van der Waals surface area contributed by atoms with Gasteiger partial charge in [0.05, 0.1) is 13.2 Å². The van der Waals surface area contributed by atoms with Gasteiger partial charge in [0.1, 0.15) is 6.61 Å². The average molecular weight is 620 g/mol. The van der Waals surface area contributed by atoms with E-state index in [2.05, 4.69) is 19.9 Å². The number of esters is 2. The summed E-state index contributed by atoms with van der Waals surface area (Å²) >= 11 is 0. The summed E-state index contributed by atoms with van der Waals surface area (Å²) in [5.74, 6) is -0.875. The van der Waals surface area contributed by atoms with Crippen molar-refractivity contribution in [2.45, 2.75) is 155 Å². The summed E-state index contributed by atoms with van der Waals surface area (Å²) in [5, 5.41) is 0. The number of hydrogen-bond donors (Lipinski definition) is 2. The molecule has 0 bridgehead atoms. The van der Waals surface area contributed by atoms with Crippen molar-refractivity contribution in [1.29, 1.82) is 0 Å². The van der Waals surface area contributed by atoms with Crippen LogP contribution in [0.15, 0.2) is 12.2 Å². The highest BCUT2D eigenvalue weighted by molar-refractivity contribution is 7.47. The predicted octanol–water partition coefficient (Wildman–Crippen LogP) is 8.32. The third-order valence-electron chi connectivity index (χ3n) is 6.88. The molecule has 0 aliphatic heterocycles. The fraction of sp³-hybridized carbons (Fsp3) is 0.875. The molecule has 42 heavy (non-hydrogen) atoms. The minimum atomic E-state index is -4.36. The third kappa shape index (κ3) is 28.9. The predicted molar refractivity (Wildman–Crippen MR) is 169 cm³/mol. The summed E-state index contributed by atoms with van der Waals surface area (Å²) in [6, 6.07) is 0. The Kier molecular flexibility index (Phi) is 28.9. The SMILES string of the molecule is CCC/C=C/CCCC(=O)O[C@H](COC(=O)CCCCCCCCCCCCCCCCC)COP(=O)(O)OCCN. The number of nitrogens with two attached hydrogens (primary N) is 1. The van der Waals surface area contributed by atoms with E-state index in [1.165, 1.54) is 77.0 Å². The monoisotopic (exact) mass is 619 g/mol. The minimum Gasteiger partial charge on any atom is -0.462 e. The number of hydrogen-bond acceptors (Lipinski definition) is 8. The Morgan fingerprint density at radius 2 is 1.21 bits per heavy atom. The standard InChI is InChI=1S/C32H62NO8P/c1-3-5-7-9-11-12-13-14-15-16-17-18-19-21-22-24-31(34)38-28-30(29-40-42(36,37)39-27-26-33)41-32(35)25-23-20-10-8-6-4-2/h8,10,30H,3-7,9,11-29,33H2,1-2H3,(H,36,37)/b10-8+/t30-/m1/s1. The van der Waals surface area contributed by atoms with Gasteiger partial charge >= 0.3 is 19.8 Å². The molecule has 0 radical (unpaired) electrons. The Bertz CT molecular complexity index is 719. The van der Waals surface area contributed by atoms with Gasteiger partial charge < -0.3 is 20.1 Å². The van der Waals surface area contributed by atoms with Crippen molar-refractivity contribution < 1.29 is 37.6 Å². The van der Waals surface area contributed by atoms with Crippen LogP contribution in [0.1, 0.15) is 149 Å². The van der Waals surface area contributed by atoms with Gasteiger partial charge in [0.25, 0.3) is 0 Å². The smallest absolute Gasteiger partial charge is 0.462 e. The van der Waals surface area contributed by atoms with E-state index in [1.807, 2.05) is 6.08 Å². The van der Waals surface area contributed by atoms with E-state index >= 15 is 0 Å². The van der Waals surface area contributed by atoms with Crippen LogP contribution in [0.5, 0.6) is 0 Å². The fourth-order valence-corrected chi connectivity index (χ4v) is 5.17. The van der Waals surface area contributed by atoms with Crippen molar-refractivity contribution in [3.63, 3.8) is 0 Å². The Morgan fingerprint density at radius 1 is 0.690 bits per heavy atom. The van der Waals surface area contributed by atoms with Crippen LogP contribution in [-0.4, -0.2) is 49.3 Å². The van der Waals surface area contributed by atoms with Crippen LogP contribution in [0.2, 0.25) is 0 Å². The van der Waals surface area contributed by atoms with Gasteiger partial charge in [-0.25, -0.2) is 4.57 Å². The summed E-state index contributed by atoms with van der Waals surface area (Å²) in [6.45, 7) is 3.56. The topological polar surface area (TPSA) is 134 Å². The number of phosphoric acid groups is 1. The number of rotatable bonds is 31. The van der Waals surface area contributed by atoms with E-state index in [4.69, 9.17) is 24.3 Å². The molecule has 0 aromatic carbocycles. The molecule has 0 saturated carbocycles. The van der Waals surface area contributed by atoms with Gasteiger partial charge in [0.15, 0.2) is 6.10 Å². The lowest BCUT2D eigenvalue weighted by Crippen LogP contribution is -2.29. The summed E-state index contributed by atoms with van der Waals surface area (Å²) in [7, 11) is -4.36. The van der Waals surface area contributed by atoms with E-state index in [1.54, 1.807) is 0 Å². The van der Waals surface area contributed by atoms with Gasteiger partial charge in [-0.1, -0.05) is 122 Å². The lowest BCUT2D eigenvalue weighted by molar-refractivity contribution is -0.161. The molecule has 9 nitrogen and oxygen atoms in total. The first-order valence-electron chi connectivity index (χ1n) is 16.7. The second kappa shape index (κ2) is 29.8. The second-order valence-electron chi connectivity index (χ2n) is 11.0. The van der Waals surface area contributed by atoms with E-state index < -0.39 is 32.5 Å². The highest BCUT2D eigenvalue weighted by atomic mass is 31.2. The molecule has 10 heteroatoms. The summed E-state index contributed by atoms with van der Waals surface area (Å²) in [4.78, 5) is 34.3. The largest absolute Gasteiger partial charge is 0.472 e. The average Bonchev–Trinajstić information content (AvgIpc) is 2.97. The first-order chi connectivity index (χ1) is 20.3. The van der Waals surface area contributed by atoms with Gasteiger partial charge in [-0.2, -0.15) is 0 Å². The van der Waals surface area contributed by atoms with Crippen molar-refractivity contribution in [2.24, 2.45) is 5.73 Å². The normalized spacial score (nSPS) is 13.7. The third-order valence-corrected chi connectivity index (χ3v) is 7.87. The zero-order valence-corrected chi connectivity index (χ0v) is 27.6. The molecule has 0 heterocycles. The van der Waals surface area contributed by atoms with Crippen molar-refractivity contribution in [3.8, 4) is 0 Å². The summed E-state index contributed by atoms with van der Waals surface area (Å²) in [5.41, 5.74) is 5.29. The Hall–Kier alpha value is -1.25. The van der Waals surface area contributed by atoms with Crippen LogP contribution in [0.25, 0.3) is 0 Å². The molecule has 2 atom stereocenters. The molecule has 0 aliphatic carbocycles. The minimum absolute atomic E-state index is 0.0515. The molecule has 0 saturated heterocycles.